The Kier molecular flexibility index (Phi) is 12.1. The second-order valence-corrected chi connectivity index (χ2v) is 12.7. The SMILES string of the molecule is CCC(=O)N[C@H](Cc1ccc(NC(=O)[C@@H](CC(=O)c2ccnn2C(C)C)C2CCCCCC2)cc1)C(=O)N1CCN(C)CC1. The summed E-state index contributed by atoms with van der Waals surface area (Å²) in [5.41, 5.74) is 2.09. The topological polar surface area (TPSA) is 117 Å². The molecule has 2 fully saturated rings. The zero-order valence-electron chi connectivity index (χ0n) is 26.9. The summed E-state index contributed by atoms with van der Waals surface area (Å²) in [4.78, 5) is 56.9. The molecule has 240 valence electrons. The minimum absolute atomic E-state index is 0.0545. The molecule has 44 heavy (non-hydrogen) atoms. The van der Waals surface area contributed by atoms with Gasteiger partial charge < -0.3 is 20.4 Å². The van der Waals surface area contributed by atoms with Gasteiger partial charge in [0.05, 0.1) is 0 Å². The zero-order chi connectivity index (χ0) is 31.6. The summed E-state index contributed by atoms with van der Waals surface area (Å²) in [6, 6.07) is 8.62. The number of ketones is 1. The third kappa shape index (κ3) is 9.00. The number of anilines is 1. The second-order valence-electron chi connectivity index (χ2n) is 12.7. The minimum atomic E-state index is -0.642. The van der Waals surface area contributed by atoms with Crippen molar-refractivity contribution in [2.45, 2.75) is 90.6 Å². The van der Waals surface area contributed by atoms with Crippen LogP contribution in [-0.4, -0.2) is 82.4 Å². The lowest BCUT2D eigenvalue weighted by Crippen LogP contribution is -2.54. The van der Waals surface area contributed by atoms with Gasteiger partial charge in [-0.05, 0) is 63.4 Å². The van der Waals surface area contributed by atoms with Gasteiger partial charge in [0.15, 0.2) is 5.78 Å². The number of rotatable bonds is 12. The van der Waals surface area contributed by atoms with Crippen molar-refractivity contribution in [1.29, 1.82) is 0 Å². The minimum Gasteiger partial charge on any atom is -0.344 e. The molecule has 2 aromatic rings. The van der Waals surface area contributed by atoms with Gasteiger partial charge in [0.1, 0.15) is 11.7 Å². The highest BCUT2D eigenvalue weighted by atomic mass is 16.2. The lowest BCUT2D eigenvalue weighted by molar-refractivity contribution is -0.137. The maximum absolute atomic E-state index is 13.8. The average molecular weight is 607 g/mol. The van der Waals surface area contributed by atoms with Crippen molar-refractivity contribution in [3.8, 4) is 0 Å². The Hall–Kier alpha value is -3.53. The Balaban J connectivity index is 1.45. The van der Waals surface area contributed by atoms with Gasteiger partial charge in [0.25, 0.3) is 0 Å². The Morgan fingerprint density at radius 2 is 1.59 bits per heavy atom. The fourth-order valence-corrected chi connectivity index (χ4v) is 6.38. The first-order valence-electron chi connectivity index (χ1n) is 16.4. The molecule has 2 aliphatic rings. The number of aromatic nitrogens is 2. The van der Waals surface area contributed by atoms with Crippen LogP contribution in [0.3, 0.4) is 0 Å². The van der Waals surface area contributed by atoms with E-state index in [2.05, 4.69) is 20.6 Å². The molecule has 0 spiro atoms. The van der Waals surface area contributed by atoms with E-state index in [1.807, 2.05) is 50.1 Å². The summed E-state index contributed by atoms with van der Waals surface area (Å²) < 4.78 is 1.73. The summed E-state index contributed by atoms with van der Waals surface area (Å²) in [5.74, 6) is -0.678. The molecule has 2 N–H and O–H groups in total. The molecule has 4 rings (SSSR count). The fraction of sp³-hybridized carbons (Fsp3) is 0.618. The normalized spacial score (nSPS) is 18.0. The van der Waals surface area contributed by atoms with E-state index < -0.39 is 12.0 Å². The van der Waals surface area contributed by atoms with Crippen molar-refractivity contribution in [3.05, 3.63) is 47.8 Å². The van der Waals surface area contributed by atoms with E-state index >= 15 is 0 Å². The molecule has 10 nitrogen and oxygen atoms in total. The van der Waals surface area contributed by atoms with Crippen molar-refractivity contribution in [2.24, 2.45) is 11.8 Å². The van der Waals surface area contributed by atoms with Crippen molar-refractivity contribution in [2.75, 3.05) is 38.5 Å². The molecule has 1 aromatic heterocycles. The highest BCUT2D eigenvalue weighted by molar-refractivity contribution is 6.00. The number of nitrogens with zero attached hydrogens (tertiary/aromatic N) is 4. The van der Waals surface area contributed by atoms with Crippen LogP contribution in [0.2, 0.25) is 0 Å². The number of likely N-dealkylation sites (N-methyl/N-ethyl adjacent to an activating group) is 1. The molecule has 3 amide bonds. The van der Waals surface area contributed by atoms with Crippen molar-refractivity contribution in [3.63, 3.8) is 0 Å². The predicted molar refractivity (Wildman–Crippen MR) is 171 cm³/mol. The maximum Gasteiger partial charge on any atom is 0.245 e. The molecule has 1 aliphatic carbocycles. The standard InChI is InChI=1S/C34H50N6O4/c1-5-32(42)37-29(34(44)39-20-18-38(4)19-21-39)22-25-12-14-27(15-13-25)36-33(43)28(26-10-8-6-7-9-11-26)23-31(41)30-16-17-35-40(30)24(2)3/h12-17,24,26,28-29H,5-11,18-23H2,1-4H3,(H,36,43)(H,37,42)/t28-,29+/m0/s1. The van der Waals surface area contributed by atoms with Gasteiger partial charge in [-0.2, -0.15) is 5.10 Å². The molecule has 1 saturated carbocycles. The molecule has 0 bridgehead atoms. The molecular formula is C34H50N6O4. The monoisotopic (exact) mass is 606 g/mol. The first-order chi connectivity index (χ1) is 21.2. The number of amides is 3. The van der Waals surface area contributed by atoms with E-state index in [1.165, 1.54) is 0 Å². The van der Waals surface area contributed by atoms with Crippen LogP contribution < -0.4 is 10.6 Å². The third-order valence-electron chi connectivity index (χ3n) is 9.09. The van der Waals surface area contributed by atoms with E-state index in [0.29, 0.717) is 37.3 Å². The summed E-state index contributed by atoms with van der Waals surface area (Å²) in [5, 5.41) is 10.3. The highest BCUT2D eigenvalue weighted by Crippen LogP contribution is 2.33. The summed E-state index contributed by atoms with van der Waals surface area (Å²) in [6.45, 7) is 8.66. The number of hydrogen-bond donors (Lipinski definition) is 2. The maximum atomic E-state index is 13.8. The molecule has 0 unspecified atom stereocenters. The zero-order valence-corrected chi connectivity index (χ0v) is 26.9. The average Bonchev–Trinajstić information content (AvgIpc) is 3.37. The number of nitrogens with one attached hydrogen (secondary N) is 2. The first-order valence-corrected chi connectivity index (χ1v) is 16.4. The van der Waals surface area contributed by atoms with Crippen LogP contribution in [0.25, 0.3) is 0 Å². The van der Waals surface area contributed by atoms with E-state index in [4.69, 9.17) is 0 Å². The van der Waals surface area contributed by atoms with E-state index in [0.717, 1.165) is 57.2 Å². The first kappa shape index (κ1) is 33.4. The van der Waals surface area contributed by atoms with Gasteiger partial charge in [0, 0.05) is 69.3 Å². The van der Waals surface area contributed by atoms with Crippen LogP contribution in [0.15, 0.2) is 36.5 Å². The van der Waals surface area contributed by atoms with Gasteiger partial charge in [-0.15, -0.1) is 0 Å². The van der Waals surface area contributed by atoms with Gasteiger partial charge in [-0.3, -0.25) is 23.9 Å². The molecule has 2 heterocycles. The molecule has 10 heteroatoms. The number of carbonyl (C=O) groups is 4. The van der Waals surface area contributed by atoms with Crippen LogP contribution in [0.1, 0.15) is 94.2 Å². The van der Waals surface area contributed by atoms with Gasteiger partial charge in [0.2, 0.25) is 17.7 Å². The van der Waals surface area contributed by atoms with Crippen LogP contribution in [0, 0.1) is 11.8 Å². The highest BCUT2D eigenvalue weighted by Gasteiger charge is 2.33. The van der Waals surface area contributed by atoms with Crippen LogP contribution in [0.5, 0.6) is 0 Å². The summed E-state index contributed by atoms with van der Waals surface area (Å²) in [6.07, 6.45) is 8.84. The van der Waals surface area contributed by atoms with Crippen molar-refractivity contribution >= 4 is 29.2 Å². The molecule has 1 aliphatic heterocycles. The van der Waals surface area contributed by atoms with Gasteiger partial charge in [-0.25, -0.2) is 0 Å². The number of benzene rings is 1. The summed E-state index contributed by atoms with van der Waals surface area (Å²) >= 11 is 0. The van der Waals surface area contributed by atoms with Crippen molar-refractivity contribution in [1.82, 2.24) is 24.9 Å². The molecule has 1 saturated heterocycles. The molecule has 0 radical (unpaired) electrons. The van der Waals surface area contributed by atoms with Gasteiger partial charge >= 0.3 is 0 Å². The Labute approximate surface area is 261 Å². The van der Waals surface area contributed by atoms with Crippen molar-refractivity contribution < 1.29 is 19.2 Å². The number of piperazine rings is 1. The quantitative estimate of drug-likeness (QED) is 0.272. The molecule has 2 atom stereocenters. The van der Waals surface area contributed by atoms with Crippen LogP contribution in [0.4, 0.5) is 5.69 Å². The Bertz CT molecular complexity index is 1260. The van der Waals surface area contributed by atoms with Gasteiger partial charge in [-0.1, -0.05) is 44.7 Å². The second kappa shape index (κ2) is 16.0. The smallest absolute Gasteiger partial charge is 0.245 e. The van der Waals surface area contributed by atoms with Crippen LogP contribution in [-0.2, 0) is 20.8 Å². The molecule has 1 aromatic carbocycles. The lowest BCUT2D eigenvalue weighted by atomic mass is 9.81. The lowest BCUT2D eigenvalue weighted by Gasteiger charge is -2.34. The molecular weight excluding hydrogens is 556 g/mol. The van der Waals surface area contributed by atoms with Crippen LogP contribution >= 0.6 is 0 Å². The summed E-state index contributed by atoms with van der Waals surface area (Å²) in [7, 11) is 2.04. The third-order valence-corrected chi connectivity index (χ3v) is 9.09. The largest absolute Gasteiger partial charge is 0.344 e. The Morgan fingerprint density at radius 3 is 2.20 bits per heavy atom. The number of carbonyl (C=O) groups excluding carboxylic acids is 4. The number of Topliss-reactive ketones (excluding diaryl/α,β-unsaturated/α-hetero) is 1. The van der Waals surface area contributed by atoms with E-state index in [9.17, 15) is 19.2 Å². The Morgan fingerprint density at radius 1 is 0.932 bits per heavy atom. The number of hydrogen-bond acceptors (Lipinski definition) is 6. The predicted octanol–water partition coefficient (Wildman–Crippen LogP) is 4.47. The van der Waals surface area contributed by atoms with E-state index in [1.54, 1.807) is 23.9 Å². The fourth-order valence-electron chi connectivity index (χ4n) is 6.38. The van der Waals surface area contributed by atoms with E-state index in [-0.39, 0.29) is 41.9 Å².